The minimum Gasteiger partial charge on any atom is -0.459 e. The third kappa shape index (κ3) is 3.17. The number of hydrogen-bond acceptors (Lipinski definition) is 2. The third-order valence-corrected chi connectivity index (χ3v) is 2.52. The van der Waals surface area contributed by atoms with Gasteiger partial charge in [0, 0.05) is 13.5 Å². The zero-order chi connectivity index (χ0) is 12.1. The molecule has 0 bridgehead atoms. The van der Waals surface area contributed by atoms with E-state index in [4.69, 9.17) is 9.47 Å². The number of methoxy groups -OCH3 is 1. The van der Waals surface area contributed by atoms with E-state index in [0.717, 1.165) is 24.2 Å². The molecule has 3 heteroatoms. The van der Waals surface area contributed by atoms with Crippen molar-refractivity contribution < 1.29 is 13.9 Å². The van der Waals surface area contributed by atoms with Crippen LogP contribution >= 0.6 is 0 Å². The second-order valence-corrected chi connectivity index (χ2v) is 3.90. The first-order valence-electron chi connectivity index (χ1n) is 5.60. The van der Waals surface area contributed by atoms with Crippen LogP contribution in [0.4, 0.5) is 4.39 Å². The van der Waals surface area contributed by atoms with Gasteiger partial charge >= 0.3 is 0 Å². The van der Waals surface area contributed by atoms with Gasteiger partial charge in [-0.3, -0.25) is 0 Å². The van der Waals surface area contributed by atoms with Gasteiger partial charge in [-0.05, 0) is 30.2 Å². The van der Waals surface area contributed by atoms with Crippen LogP contribution in [0.1, 0.15) is 18.4 Å². The first-order chi connectivity index (χ1) is 8.29. The number of allylic oxidation sites excluding steroid dienone is 4. The summed E-state index contributed by atoms with van der Waals surface area (Å²) < 4.78 is 24.1. The molecule has 0 unspecified atom stereocenters. The first kappa shape index (κ1) is 11.9. The number of hydrogen-bond donors (Lipinski definition) is 0. The Morgan fingerprint density at radius 3 is 2.94 bits per heavy atom. The summed E-state index contributed by atoms with van der Waals surface area (Å²) in [6.07, 6.45) is 7.60. The van der Waals surface area contributed by atoms with Crippen LogP contribution in [0.15, 0.2) is 42.2 Å². The summed E-state index contributed by atoms with van der Waals surface area (Å²) in [5, 5.41) is 0. The lowest BCUT2D eigenvalue weighted by atomic mass is 10.1. The van der Waals surface area contributed by atoms with Crippen molar-refractivity contribution in [3.8, 4) is 5.75 Å². The average molecular weight is 234 g/mol. The quantitative estimate of drug-likeness (QED) is 0.792. The van der Waals surface area contributed by atoms with Crippen LogP contribution in [0.5, 0.6) is 5.75 Å². The Kier molecular flexibility index (Phi) is 3.94. The normalized spacial score (nSPS) is 14.6. The summed E-state index contributed by atoms with van der Waals surface area (Å²) in [7, 11) is 1.61. The molecule has 0 atom stereocenters. The van der Waals surface area contributed by atoms with Crippen LogP contribution < -0.4 is 4.74 Å². The molecule has 1 aromatic rings. The van der Waals surface area contributed by atoms with Crippen LogP contribution in [-0.2, 0) is 11.3 Å². The lowest BCUT2D eigenvalue weighted by Gasteiger charge is -2.12. The highest BCUT2D eigenvalue weighted by Gasteiger charge is 2.08. The molecule has 1 aliphatic rings. The summed E-state index contributed by atoms with van der Waals surface area (Å²) >= 11 is 0. The fourth-order valence-corrected chi connectivity index (χ4v) is 1.69. The van der Waals surface area contributed by atoms with Crippen LogP contribution in [0.3, 0.4) is 0 Å². The van der Waals surface area contributed by atoms with Crippen molar-refractivity contribution in [2.45, 2.75) is 19.4 Å². The fraction of sp³-hybridized carbons (Fsp3) is 0.286. The summed E-state index contributed by atoms with van der Waals surface area (Å²) in [5.41, 5.74) is 0.899. The van der Waals surface area contributed by atoms with Gasteiger partial charge < -0.3 is 9.47 Å². The van der Waals surface area contributed by atoms with Gasteiger partial charge in [-0.25, -0.2) is 4.39 Å². The molecule has 2 rings (SSSR count). The van der Waals surface area contributed by atoms with Crippen molar-refractivity contribution in [2.24, 2.45) is 0 Å². The molecule has 17 heavy (non-hydrogen) atoms. The molecule has 0 radical (unpaired) electrons. The molecule has 0 heterocycles. The molecule has 0 N–H and O–H groups in total. The topological polar surface area (TPSA) is 18.5 Å². The third-order valence-electron chi connectivity index (χ3n) is 2.52. The van der Waals surface area contributed by atoms with E-state index in [2.05, 4.69) is 6.08 Å². The fourth-order valence-electron chi connectivity index (χ4n) is 1.69. The van der Waals surface area contributed by atoms with Gasteiger partial charge in [-0.1, -0.05) is 18.2 Å². The predicted octanol–water partition coefficient (Wildman–Crippen LogP) is 3.58. The van der Waals surface area contributed by atoms with Crippen molar-refractivity contribution in [2.75, 3.05) is 7.11 Å². The molecule has 1 aromatic carbocycles. The van der Waals surface area contributed by atoms with Gasteiger partial charge in [-0.15, -0.1) is 0 Å². The first-order valence-corrected chi connectivity index (χ1v) is 5.60. The largest absolute Gasteiger partial charge is 0.459 e. The monoisotopic (exact) mass is 234 g/mol. The Labute approximate surface area is 100 Å². The predicted molar refractivity (Wildman–Crippen MR) is 64.2 cm³/mol. The minimum absolute atomic E-state index is 0.265. The molecule has 0 fully saturated rings. The zero-order valence-electron chi connectivity index (χ0n) is 9.78. The molecular formula is C14H15FO2. The number of ether oxygens (including phenoxy) is 2. The zero-order valence-corrected chi connectivity index (χ0v) is 9.78. The molecule has 0 saturated heterocycles. The summed E-state index contributed by atoms with van der Waals surface area (Å²) in [4.78, 5) is 0. The highest BCUT2D eigenvalue weighted by molar-refractivity contribution is 5.32. The molecule has 0 aromatic heterocycles. The maximum Gasteiger partial charge on any atom is 0.165 e. The Morgan fingerprint density at radius 1 is 1.35 bits per heavy atom. The van der Waals surface area contributed by atoms with E-state index < -0.39 is 0 Å². The lowest BCUT2D eigenvalue weighted by Crippen LogP contribution is -2.00. The Bertz CT molecular complexity index is 450. The van der Waals surface area contributed by atoms with E-state index >= 15 is 0 Å². The van der Waals surface area contributed by atoms with Crippen LogP contribution in [0.25, 0.3) is 0 Å². The summed E-state index contributed by atoms with van der Waals surface area (Å²) in [6, 6.07) is 4.78. The van der Waals surface area contributed by atoms with E-state index in [-0.39, 0.29) is 11.6 Å². The van der Waals surface area contributed by atoms with Crippen molar-refractivity contribution in [3.05, 3.63) is 53.6 Å². The van der Waals surface area contributed by atoms with Gasteiger partial charge in [0.05, 0.1) is 6.61 Å². The van der Waals surface area contributed by atoms with E-state index in [1.165, 1.54) is 6.07 Å². The standard InChI is InChI=1S/C14H15FO2/c1-16-10-11-7-8-13(15)14(9-11)17-12-5-3-2-4-6-12/h2-3,5,7-9H,4,6,10H2,1H3. The summed E-state index contributed by atoms with van der Waals surface area (Å²) in [5.74, 6) is 0.711. The average Bonchev–Trinajstić information content (AvgIpc) is 2.35. The van der Waals surface area contributed by atoms with E-state index in [0.29, 0.717) is 6.61 Å². The number of benzene rings is 1. The Balaban J connectivity index is 2.16. The molecule has 2 nitrogen and oxygen atoms in total. The maximum absolute atomic E-state index is 13.6. The van der Waals surface area contributed by atoms with Crippen molar-refractivity contribution in [1.29, 1.82) is 0 Å². The minimum atomic E-state index is -0.347. The molecule has 1 aliphatic carbocycles. The smallest absolute Gasteiger partial charge is 0.165 e. The van der Waals surface area contributed by atoms with Gasteiger partial charge in [0.15, 0.2) is 11.6 Å². The van der Waals surface area contributed by atoms with Gasteiger partial charge in [-0.2, -0.15) is 0 Å². The molecule has 90 valence electrons. The van der Waals surface area contributed by atoms with E-state index in [1.807, 2.05) is 12.2 Å². The Hall–Kier alpha value is -1.61. The van der Waals surface area contributed by atoms with Crippen LogP contribution in [0, 0.1) is 5.82 Å². The number of halogens is 1. The van der Waals surface area contributed by atoms with Crippen molar-refractivity contribution >= 4 is 0 Å². The maximum atomic E-state index is 13.6. The second kappa shape index (κ2) is 5.64. The molecule has 0 spiro atoms. The highest BCUT2D eigenvalue weighted by atomic mass is 19.1. The van der Waals surface area contributed by atoms with E-state index in [1.54, 1.807) is 19.2 Å². The highest BCUT2D eigenvalue weighted by Crippen LogP contribution is 2.24. The van der Waals surface area contributed by atoms with Gasteiger partial charge in [0.25, 0.3) is 0 Å². The van der Waals surface area contributed by atoms with Crippen molar-refractivity contribution in [1.82, 2.24) is 0 Å². The van der Waals surface area contributed by atoms with Crippen LogP contribution in [-0.4, -0.2) is 7.11 Å². The van der Waals surface area contributed by atoms with Gasteiger partial charge in [0.1, 0.15) is 5.76 Å². The van der Waals surface area contributed by atoms with Crippen molar-refractivity contribution in [3.63, 3.8) is 0 Å². The Morgan fingerprint density at radius 2 is 2.24 bits per heavy atom. The van der Waals surface area contributed by atoms with Gasteiger partial charge in [0.2, 0.25) is 0 Å². The molecule has 0 aliphatic heterocycles. The van der Waals surface area contributed by atoms with E-state index in [9.17, 15) is 4.39 Å². The SMILES string of the molecule is COCc1ccc(F)c(OC2=CC=CCC2)c1. The molecular weight excluding hydrogens is 219 g/mol. The molecule has 0 saturated carbocycles. The number of rotatable bonds is 4. The molecule has 0 amide bonds. The lowest BCUT2D eigenvalue weighted by molar-refractivity contribution is 0.184. The second-order valence-electron chi connectivity index (χ2n) is 3.90. The van der Waals surface area contributed by atoms with Crippen LogP contribution in [0.2, 0.25) is 0 Å². The summed E-state index contributed by atoms with van der Waals surface area (Å²) in [6.45, 7) is 0.454.